The highest BCUT2D eigenvalue weighted by Crippen LogP contribution is 2.29. The summed E-state index contributed by atoms with van der Waals surface area (Å²) in [5, 5.41) is 4.31. The molecule has 106 valence electrons. The Morgan fingerprint density at radius 1 is 1.30 bits per heavy atom. The molecule has 4 nitrogen and oxygen atoms in total. The summed E-state index contributed by atoms with van der Waals surface area (Å²) in [5.74, 6) is 1.23. The number of aromatic amines is 1. The van der Waals surface area contributed by atoms with Crippen LogP contribution in [0.15, 0.2) is 18.2 Å². The minimum absolute atomic E-state index is 0.149. The number of fused-ring (bicyclic) bond motifs is 1. The number of methoxy groups -OCH3 is 1. The Kier molecular flexibility index (Phi) is 3.49. The van der Waals surface area contributed by atoms with Crippen molar-refractivity contribution in [2.45, 2.75) is 19.8 Å². The molecule has 1 aliphatic rings. The Morgan fingerprint density at radius 2 is 2.05 bits per heavy atom. The smallest absolute Gasteiger partial charge is 0.168 e. The molecule has 0 amide bonds. The fourth-order valence-corrected chi connectivity index (χ4v) is 3.04. The van der Waals surface area contributed by atoms with Gasteiger partial charge in [-0.15, -0.1) is 0 Å². The summed E-state index contributed by atoms with van der Waals surface area (Å²) >= 11 is 0. The average Bonchev–Trinajstić information content (AvgIpc) is 2.82. The number of benzene rings is 1. The number of Topliss-reactive ketones (excluding diaryl/α,β-unsaturated/α-hetero) is 1. The number of rotatable bonds is 3. The summed E-state index contributed by atoms with van der Waals surface area (Å²) in [5.41, 5.74) is 2.78. The zero-order valence-corrected chi connectivity index (χ0v) is 12.0. The molecule has 0 radical (unpaired) electrons. The molecule has 2 heterocycles. The summed E-state index contributed by atoms with van der Waals surface area (Å²) in [6, 6.07) is 5.84. The van der Waals surface area contributed by atoms with Crippen LogP contribution in [0, 0.1) is 12.8 Å². The summed E-state index contributed by atoms with van der Waals surface area (Å²) in [4.78, 5) is 16.1. The Balaban J connectivity index is 2.01. The van der Waals surface area contributed by atoms with Gasteiger partial charge in [0.15, 0.2) is 5.78 Å². The van der Waals surface area contributed by atoms with Crippen LogP contribution in [0.3, 0.4) is 0 Å². The first-order chi connectivity index (χ1) is 9.70. The SMILES string of the molecule is COc1ccc2c(C(=O)C3CCNCC3)c(C)[nH]c2c1. The maximum absolute atomic E-state index is 12.8. The Morgan fingerprint density at radius 3 is 2.75 bits per heavy atom. The topological polar surface area (TPSA) is 54.1 Å². The highest BCUT2D eigenvalue weighted by atomic mass is 16.5. The lowest BCUT2D eigenvalue weighted by atomic mass is 9.88. The molecule has 20 heavy (non-hydrogen) atoms. The number of ether oxygens (including phenoxy) is 1. The van der Waals surface area contributed by atoms with E-state index in [2.05, 4.69) is 10.3 Å². The predicted molar refractivity (Wildman–Crippen MR) is 79.5 cm³/mol. The number of ketones is 1. The van der Waals surface area contributed by atoms with Gasteiger partial charge in [-0.2, -0.15) is 0 Å². The molecule has 2 aromatic rings. The summed E-state index contributed by atoms with van der Waals surface area (Å²) in [6.45, 7) is 3.85. The van der Waals surface area contributed by atoms with E-state index in [4.69, 9.17) is 4.74 Å². The average molecular weight is 272 g/mol. The number of carbonyl (C=O) groups is 1. The molecule has 2 N–H and O–H groups in total. The van der Waals surface area contributed by atoms with Gasteiger partial charge in [0.2, 0.25) is 0 Å². The van der Waals surface area contributed by atoms with Crippen LogP contribution in [0.5, 0.6) is 5.75 Å². The first kappa shape index (κ1) is 13.2. The van der Waals surface area contributed by atoms with Crippen molar-refractivity contribution in [3.05, 3.63) is 29.5 Å². The van der Waals surface area contributed by atoms with E-state index in [1.165, 1.54) is 0 Å². The fourth-order valence-electron chi connectivity index (χ4n) is 3.04. The maximum Gasteiger partial charge on any atom is 0.168 e. The van der Waals surface area contributed by atoms with Crippen LogP contribution in [0.2, 0.25) is 0 Å². The second kappa shape index (κ2) is 5.29. The molecule has 0 aliphatic carbocycles. The van der Waals surface area contributed by atoms with E-state index in [0.29, 0.717) is 0 Å². The van der Waals surface area contributed by atoms with Crippen LogP contribution >= 0.6 is 0 Å². The van der Waals surface area contributed by atoms with E-state index in [0.717, 1.165) is 53.8 Å². The standard InChI is InChI=1S/C16H20N2O2/c1-10-15(16(19)11-5-7-17-8-6-11)13-4-3-12(20-2)9-14(13)18-10/h3-4,9,11,17-18H,5-8H2,1-2H3. The van der Waals surface area contributed by atoms with Crippen molar-refractivity contribution < 1.29 is 9.53 Å². The summed E-state index contributed by atoms with van der Waals surface area (Å²) < 4.78 is 5.24. The van der Waals surface area contributed by atoms with Gasteiger partial charge in [-0.25, -0.2) is 0 Å². The number of hydrogen-bond acceptors (Lipinski definition) is 3. The third-order valence-corrected chi connectivity index (χ3v) is 4.15. The Labute approximate surface area is 118 Å². The van der Waals surface area contributed by atoms with Crippen molar-refractivity contribution in [1.82, 2.24) is 10.3 Å². The van der Waals surface area contributed by atoms with Gasteiger partial charge in [0, 0.05) is 28.6 Å². The summed E-state index contributed by atoms with van der Waals surface area (Å²) in [6.07, 6.45) is 1.86. The molecule has 0 bridgehead atoms. The van der Waals surface area contributed by atoms with Crippen molar-refractivity contribution >= 4 is 16.7 Å². The first-order valence-corrected chi connectivity index (χ1v) is 7.12. The number of aryl methyl sites for hydroxylation is 1. The molecule has 1 aliphatic heterocycles. The van der Waals surface area contributed by atoms with Crippen LogP contribution in [0.1, 0.15) is 28.9 Å². The number of hydrogen-bond donors (Lipinski definition) is 2. The first-order valence-electron chi connectivity index (χ1n) is 7.12. The van der Waals surface area contributed by atoms with E-state index in [9.17, 15) is 4.79 Å². The Hall–Kier alpha value is -1.81. The molecular weight excluding hydrogens is 252 g/mol. The highest BCUT2D eigenvalue weighted by molar-refractivity contribution is 6.10. The zero-order valence-electron chi connectivity index (χ0n) is 12.0. The minimum atomic E-state index is 0.149. The monoisotopic (exact) mass is 272 g/mol. The van der Waals surface area contributed by atoms with Gasteiger partial charge in [-0.3, -0.25) is 4.79 Å². The lowest BCUT2D eigenvalue weighted by Gasteiger charge is -2.21. The van der Waals surface area contributed by atoms with Crippen LogP contribution in [-0.4, -0.2) is 31.0 Å². The van der Waals surface area contributed by atoms with Gasteiger partial charge in [0.1, 0.15) is 5.75 Å². The largest absolute Gasteiger partial charge is 0.497 e. The van der Waals surface area contributed by atoms with Crippen LogP contribution < -0.4 is 10.1 Å². The number of piperidine rings is 1. The van der Waals surface area contributed by atoms with Crippen molar-refractivity contribution in [3.8, 4) is 5.75 Å². The van der Waals surface area contributed by atoms with Gasteiger partial charge < -0.3 is 15.0 Å². The normalized spacial score (nSPS) is 16.5. The van der Waals surface area contributed by atoms with Gasteiger partial charge in [0.05, 0.1) is 12.6 Å². The minimum Gasteiger partial charge on any atom is -0.497 e. The van der Waals surface area contributed by atoms with Gasteiger partial charge in [-0.05, 0) is 45.0 Å². The van der Waals surface area contributed by atoms with E-state index in [1.807, 2.05) is 25.1 Å². The molecule has 3 rings (SSSR count). The molecule has 0 atom stereocenters. The second-order valence-electron chi connectivity index (χ2n) is 5.43. The molecule has 4 heteroatoms. The van der Waals surface area contributed by atoms with Crippen molar-refractivity contribution in [3.63, 3.8) is 0 Å². The summed E-state index contributed by atoms with van der Waals surface area (Å²) in [7, 11) is 1.65. The van der Waals surface area contributed by atoms with E-state index in [1.54, 1.807) is 7.11 Å². The molecule has 0 saturated carbocycles. The molecular formula is C16H20N2O2. The third-order valence-electron chi connectivity index (χ3n) is 4.15. The lowest BCUT2D eigenvalue weighted by Crippen LogP contribution is -2.32. The number of nitrogens with one attached hydrogen (secondary N) is 2. The lowest BCUT2D eigenvalue weighted by molar-refractivity contribution is 0.0896. The fraction of sp³-hybridized carbons (Fsp3) is 0.438. The number of aromatic nitrogens is 1. The maximum atomic E-state index is 12.8. The second-order valence-corrected chi connectivity index (χ2v) is 5.43. The molecule has 0 spiro atoms. The number of H-pyrrole nitrogens is 1. The van der Waals surface area contributed by atoms with E-state index < -0.39 is 0 Å². The van der Waals surface area contributed by atoms with Crippen molar-refractivity contribution in [1.29, 1.82) is 0 Å². The van der Waals surface area contributed by atoms with E-state index in [-0.39, 0.29) is 11.7 Å². The molecule has 1 saturated heterocycles. The number of carbonyl (C=O) groups excluding carboxylic acids is 1. The zero-order chi connectivity index (χ0) is 14.1. The van der Waals surface area contributed by atoms with Gasteiger partial charge in [0.25, 0.3) is 0 Å². The van der Waals surface area contributed by atoms with Crippen LogP contribution in [-0.2, 0) is 0 Å². The van der Waals surface area contributed by atoms with Crippen LogP contribution in [0.25, 0.3) is 10.9 Å². The molecule has 0 unspecified atom stereocenters. The predicted octanol–water partition coefficient (Wildman–Crippen LogP) is 2.67. The van der Waals surface area contributed by atoms with Crippen LogP contribution in [0.4, 0.5) is 0 Å². The highest BCUT2D eigenvalue weighted by Gasteiger charge is 2.26. The third kappa shape index (κ3) is 2.20. The van der Waals surface area contributed by atoms with Crippen molar-refractivity contribution in [2.24, 2.45) is 5.92 Å². The molecule has 1 aromatic heterocycles. The molecule has 1 aromatic carbocycles. The van der Waals surface area contributed by atoms with E-state index >= 15 is 0 Å². The molecule has 1 fully saturated rings. The Bertz CT molecular complexity index is 639. The van der Waals surface area contributed by atoms with Gasteiger partial charge in [-0.1, -0.05) is 0 Å². The van der Waals surface area contributed by atoms with Crippen molar-refractivity contribution in [2.75, 3.05) is 20.2 Å². The van der Waals surface area contributed by atoms with Gasteiger partial charge >= 0.3 is 0 Å². The quantitative estimate of drug-likeness (QED) is 0.845.